The number of fused-ring (bicyclic) bond motifs is 3. The predicted molar refractivity (Wildman–Crippen MR) is 256 cm³/mol. The molecule has 390 valence electrons. The molecule has 6 heterocycles. The van der Waals surface area contributed by atoms with E-state index in [0.29, 0.717) is 33.9 Å². The van der Waals surface area contributed by atoms with Crippen molar-refractivity contribution in [2.45, 2.75) is 119 Å². The highest BCUT2D eigenvalue weighted by atomic mass is 32.7. The van der Waals surface area contributed by atoms with Crippen LogP contribution in [0.3, 0.4) is 0 Å². The van der Waals surface area contributed by atoms with Gasteiger partial charge in [-0.15, -0.1) is 0 Å². The Hall–Kier alpha value is -4.91. The van der Waals surface area contributed by atoms with E-state index in [0.717, 1.165) is 55.3 Å². The Bertz CT molecular complexity index is 2830. The lowest BCUT2D eigenvalue weighted by atomic mass is 10.1. The van der Waals surface area contributed by atoms with E-state index in [1.807, 2.05) is 4.98 Å². The number of esters is 1. The molecular formula is C45H55F2N7O15P2S. The van der Waals surface area contributed by atoms with Gasteiger partial charge in [-0.25, -0.2) is 42.5 Å². The highest BCUT2D eigenvalue weighted by molar-refractivity contribution is 8.54. The van der Waals surface area contributed by atoms with E-state index in [4.69, 9.17) is 47.9 Å². The van der Waals surface area contributed by atoms with Crippen LogP contribution in [-0.2, 0) is 42.5 Å². The van der Waals surface area contributed by atoms with Crippen molar-refractivity contribution in [3.05, 3.63) is 105 Å². The van der Waals surface area contributed by atoms with Crippen molar-refractivity contribution in [2.24, 2.45) is 0 Å². The number of anilines is 1. The number of nitrogen functional groups attached to an aromatic ring is 1. The molecule has 10 atom stereocenters. The first kappa shape index (κ1) is 53.4. The molecule has 22 nitrogen and oxygen atoms in total. The number of hydrogen-bond donors (Lipinski definition) is 4. The smallest absolute Gasteiger partial charge is 0.472 e. The first-order valence-electron chi connectivity index (χ1n) is 23.4. The molecule has 3 aromatic heterocycles. The van der Waals surface area contributed by atoms with Crippen molar-refractivity contribution >= 4 is 49.0 Å². The number of ether oxygens (including phenoxy) is 4. The lowest BCUT2D eigenvalue weighted by Crippen LogP contribution is -2.38. The van der Waals surface area contributed by atoms with E-state index < -0.39 is 94.3 Å². The van der Waals surface area contributed by atoms with Gasteiger partial charge in [0.15, 0.2) is 36.3 Å². The maximum Gasteiger partial charge on any atom is 0.472 e. The van der Waals surface area contributed by atoms with Gasteiger partial charge in [0.1, 0.15) is 47.8 Å². The zero-order chi connectivity index (χ0) is 50.8. The number of imidazole rings is 1. The number of alkyl halides is 2. The summed E-state index contributed by atoms with van der Waals surface area (Å²) < 4.78 is 109. The van der Waals surface area contributed by atoms with Crippen molar-refractivity contribution in [3.8, 4) is 11.5 Å². The molecular weight excluding hydrogens is 1010 g/mol. The van der Waals surface area contributed by atoms with Crippen LogP contribution in [0.1, 0.15) is 92.6 Å². The van der Waals surface area contributed by atoms with E-state index in [-0.39, 0.29) is 40.7 Å². The van der Waals surface area contributed by atoms with Crippen LogP contribution in [0.25, 0.3) is 11.2 Å². The number of aliphatic hydroxyl groups is 1. The molecule has 3 aliphatic rings. The fraction of sp³-hybridized carbons (Fsp3) is 0.511. The summed E-state index contributed by atoms with van der Waals surface area (Å²) in [6.07, 6.45) is -0.713. The quantitative estimate of drug-likeness (QED) is 0.0267. The number of halogens is 2. The Balaban J connectivity index is 0.913. The molecule has 0 spiro atoms. The third-order valence-electron chi connectivity index (χ3n) is 12.1. The molecule has 5 aromatic rings. The number of phosphoric acid groups is 1. The highest BCUT2D eigenvalue weighted by Gasteiger charge is 2.55. The number of hydrogen-bond acceptors (Lipinski definition) is 19. The monoisotopic (exact) mass is 1070 g/mol. The lowest BCUT2D eigenvalue weighted by molar-refractivity contribution is -0.0619. The number of aromatic nitrogens is 6. The summed E-state index contributed by atoms with van der Waals surface area (Å²) in [6.45, 7) is -5.61. The normalized spacial score (nSPS) is 27.7. The Labute approximate surface area is 414 Å². The van der Waals surface area contributed by atoms with Crippen molar-refractivity contribution in [1.82, 2.24) is 29.1 Å². The van der Waals surface area contributed by atoms with Gasteiger partial charge >= 0.3 is 26.3 Å². The van der Waals surface area contributed by atoms with Crippen molar-refractivity contribution in [2.75, 3.05) is 32.2 Å². The third-order valence-corrected chi connectivity index (χ3v) is 16.7. The fourth-order valence-corrected chi connectivity index (χ4v) is 12.6. The zero-order valence-electron chi connectivity index (χ0n) is 38.7. The Morgan fingerprint density at radius 2 is 1.40 bits per heavy atom. The minimum atomic E-state index is -5.25. The summed E-state index contributed by atoms with van der Waals surface area (Å²) >= 11 is 0.592. The minimum absolute atomic E-state index is 0.0166. The molecule has 8 rings (SSSR count). The van der Waals surface area contributed by atoms with Crippen molar-refractivity contribution in [3.63, 3.8) is 0 Å². The number of benzene rings is 2. The number of carbonyl (C=O) groups excluding carboxylic acids is 1. The minimum Gasteiger partial charge on any atom is -0.494 e. The van der Waals surface area contributed by atoms with Crippen molar-refractivity contribution in [1.29, 1.82) is 0 Å². The van der Waals surface area contributed by atoms with Gasteiger partial charge in [0, 0.05) is 24.6 Å². The molecule has 27 heteroatoms. The Kier molecular flexibility index (Phi) is 18.1. The number of aromatic amines is 1. The summed E-state index contributed by atoms with van der Waals surface area (Å²) in [6, 6.07) is 13.7. The second-order valence-electron chi connectivity index (χ2n) is 17.2. The number of nitrogens with one attached hydrogen (secondary N) is 1. The molecule has 3 fully saturated rings. The summed E-state index contributed by atoms with van der Waals surface area (Å²) in [5.74, 6) is 0.0542. The van der Waals surface area contributed by atoms with Crippen LogP contribution in [0.5, 0.6) is 11.5 Å². The Morgan fingerprint density at radius 3 is 2.07 bits per heavy atom. The number of H-pyrrole nitrogens is 1. The summed E-state index contributed by atoms with van der Waals surface area (Å²) in [5.41, 5.74) is 5.03. The van der Waals surface area contributed by atoms with Crippen LogP contribution in [0.4, 0.5) is 14.6 Å². The lowest BCUT2D eigenvalue weighted by Gasteiger charge is -2.29. The second-order valence-corrected chi connectivity index (χ2v) is 22.6. The summed E-state index contributed by atoms with van der Waals surface area (Å²) in [5, 5.41) is 8.87. The van der Waals surface area contributed by atoms with Gasteiger partial charge in [0.05, 0.1) is 31.7 Å². The van der Waals surface area contributed by atoms with Crippen LogP contribution in [0.15, 0.2) is 83.0 Å². The summed E-state index contributed by atoms with van der Waals surface area (Å²) in [7, 11) is -5.25. The Morgan fingerprint density at radius 1 is 0.792 bits per heavy atom. The van der Waals surface area contributed by atoms with Crippen LogP contribution in [0.2, 0.25) is 0 Å². The molecule has 0 aliphatic carbocycles. The van der Waals surface area contributed by atoms with Gasteiger partial charge in [0.25, 0.3) is 5.56 Å². The predicted octanol–water partition coefficient (Wildman–Crippen LogP) is 6.88. The SMILES string of the molecule is Nc1ncnc2c1ncn2[C@@H]1O[C@@H]2COP(=O)(SCc3ccc(OC(=O)c4ccc(OCCCCCCCCCCCCO)cc4)cc3)O[C@H]3[C@@H](F)[C@H](n4ccc(=O)[nH]c4=O)O[C@@H]3COP(=O)(O)O[C@H]2[C@H]1F. The zero-order valence-corrected chi connectivity index (χ0v) is 41.3. The van der Waals surface area contributed by atoms with Gasteiger partial charge in [-0.1, -0.05) is 63.5 Å². The van der Waals surface area contributed by atoms with Crippen LogP contribution in [0, 0.1) is 0 Å². The van der Waals surface area contributed by atoms with E-state index in [2.05, 4.69) is 15.0 Å². The average molecular weight is 1070 g/mol. The largest absolute Gasteiger partial charge is 0.494 e. The highest BCUT2D eigenvalue weighted by Crippen LogP contribution is 2.65. The first-order chi connectivity index (χ1) is 34.7. The second kappa shape index (κ2) is 24.4. The van der Waals surface area contributed by atoms with Gasteiger partial charge in [-0.3, -0.25) is 37.0 Å². The van der Waals surface area contributed by atoms with E-state index in [9.17, 15) is 28.4 Å². The van der Waals surface area contributed by atoms with E-state index in [1.165, 1.54) is 50.6 Å². The fourth-order valence-electron chi connectivity index (χ4n) is 8.28. The summed E-state index contributed by atoms with van der Waals surface area (Å²) in [4.78, 5) is 62.5. The van der Waals surface area contributed by atoms with Gasteiger partial charge in [-0.2, -0.15) is 0 Å². The van der Waals surface area contributed by atoms with Crippen LogP contribution < -0.4 is 26.5 Å². The average Bonchev–Trinajstić information content (AvgIpc) is 4.02. The van der Waals surface area contributed by atoms with E-state index >= 15 is 8.78 Å². The number of aliphatic hydroxyl groups excluding tert-OH is 1. The maximum atomic E-state index is 16.5. The number of phosphoric ester groups is 1. The van der Waals surface area contributed by atoms with Gasteiger partial charge in [-0.05, 0) is 66.2 Å². The molecule has 5 N–H and O–H groups in total. The molecule has 0 saturated carbocycles. The number of carbonyl (C=O) groups is 1. The third kappa shape index (κ3) is 13.4. The molecule has 3 aliphatic heterocycles. The molecule has 0 bridgehead atoms. The number of nitrogens with zero attached hydrogens (tertiary/aromatic N) is 5. The topological polar surface area (TPSA) is 290 Å². The number of unbranched alkanes of at least 4 members (excludes halogenated alkanes) is 9. The number of nitrogens with two attached hydrogens (primary N) is 1. The van der Waals surface area contributed by atoms with Gasteiger partial charge in [0.2, 0.25) is 0 Å². The molecule has 0 radical (unpaired) electrons. The van der Waals surface area contributed by atoms with E-state index in [1.54, 1.807) is 36.4 Å². The van der Waals surface area contributed by atoms with Gasteiger partial charge < -0.3 is 34.7 Å². The van der Waals surface area contributed by atoms with Crippen molar-refractivity contribution < 1.29 is 69.7 Å². The molecule has 2 unspecified atom stereocenters. The molecule has 3 saturated heterocycles. The maximum absolute atomic E-state index is 16.5. The van der Waals surface area contributed by atoms with Crippen LogP contribution >= 0.6 is 26.0 Å². The molecule has 2 aromatic carbocycles. The number of rotatable bonds is 20. The standard InChI is InChI=1S/C45H55F2N7O15P2S/c46-35-38-33(67-43(35)54-27-51-37-40(48)49-26-50-41(37)54)24-64-71(61,69-39-32(23-63-70(59,60)68-38)66-42(36(39)47)53-20-19-34(56)52-45(53)58)72-25-28-11-15-31(16-12-28)65-44(57)29-13-17-30(18-14-29)62-22-10-8-6-4-2-1-3-5-7-9-21-55/h11-20,26-27,32-33,35-36,38-39,42-43,55H,1-10,21-25H2,(H,59,60)(H2,48,49,50)(H,52,56,58)/t32-,33-,35-,36-,38-,39-,42-,43-,71?/m1/s1. The first-order valence-corrected chi connectivity index (χ1v) is 28.1. The van der Waals surface area contributed by atoms with Crippen LogP contribution in [-0.4, -0.2) is 108 Å². The molecule has 0 amide bonds. The molecule has 72 heavy (non-hydrogen) atoms.